The number of aryl methyl sites for hydroxylation is 1. The van der Waals surface area contributed by atoms with Crippen LogP contribution in [0.5, 0.6) is 0 Å². The zero-order valence-electron chi connectivity index (χ0n) is 11.3. The van der Waals surface area contributed by atoms with Crippen molar-refractivity contribution in [2.75, 3.05) is 10.5 Å². The molecule has 0 aliphatic heterocycles. The number of hydrogen-bond acceptors (Lipinski definition) is 4. The Bertz CT molecular complexity index is 916. The topological polar surface area (TPSA) is 90.0 Å². The van der Waals surface area contributed by atoms with E-state index in [1.807, 2.05) is 6.07 Å². The number of sulfonamides is 1. The van der Waals surface area contributed by atoms with Crippen LogP contribution in [0.3, 0.4) is 0 Å². The Labute approximate surface area is 122 Å². The zero-order valence-corrected chi connectivity index (χ0v) is 12.1. The number of nitrogens with zero attached hydrogens (tertiary/aromatic N) is 2. The molecule has 0 amide bonds. The molecule has 0 fully saturated rings. The summed E-state index contributed by atoms with van der Waals surface area (Å²) >= 11 is 0. The minimum absolute atomic E-state index is 0.212. The predicted octanol–water partition coefficient (Wildman–Crippen LogP) is 1.96. The maximum atomic E-state index is 12.5. The Morgan fingerprint density at radius 1 is 1.24 bits per heavy atom. The van der Waals surface area contributed by atoms with E-state index in [1.165, 1.54) is 10.9 Å². The summed E-state index contributed by atoms with van der Waals surface area (Å²) in [5.41, 5.74) is 6.75. The fourth-order valence-corrected chi connectivity index (χ4v) is 3.45. The Morgan fingerprint density at radius 2 is 2.05 bits per heavy atom. The number of nitrogens with one attached hydrogen (secondary N) is 1. The van der Waals surface area contributed by atoms with Crippen LogP contribution < -0.4 is 10.5 Å². The Morgan fingerprint density at radius 3 is 2.76 bits per heavy atom. The van der Waals surface area contributed by atoms with Crippen LogP contribution in [0.15, 0.2) is 53.7 Å². The van der Waals surface area contributed by atoms with Crippen molar-refractivity contribution in [2.24, 2.45) is 7.05 Å². The van der Waals surface area contributed by atoms with E-state index in [0.717, 1.165) is 5.39 Å². The number of hydrogen-bond donors (Lipinski definition) is 2. The fourth-order valence-electron chi connectivity index (χ4n) is 2.19. The molecule has 0 unspecified atom stereocenters. The van der Waals surface area contributed by atoms with Gasteiger partial charge < -0.3 is 5.73 Å². The third-order valence-electron chi connectivity index (χ3n) is 3.11. The number of fused-ring (bicyclic) bond motifs is 1. The molecule has 2 aromatic carbocycles. The molecule has 0 bridgehead atoms. The molecule has 0 radical (unpaired) electrons. The summed E-state index contributed by atoms with van der Waals surface area (Å²) in [5.74, 6) is 0. The largest absolute Gasteiger partial charge is 0.399 e. The molecule has 0 saturated heterocycles. The molecule has 6 nitrogen and oxygen atoms in total. The van der Waals surface area contributed by atoms with Crippen LogP contribution in [0.2, 0.25) is 0 Å². The maximum absolute atomic E-state index is 12.5. The number of rotatable bonds is 3. The summed E-state index contributed by atoms with van der Waals surface area (Å²) in [6.45, 7) is 0. The molecule has 3 rings (SSSR count). The standard InChI is InChI=1S/C14H14N4O2S/c1-18-9-12(8-16-18)17-21(19,20)14-4-2-3-10-7-11(15)5-6-13(10)14/h2-9,17H,15H2,1H3. The number of anilines is 2. The van der Waals surface area contributed by atoms with Crippen molar-refractivity contribution < 1.29 is 8.42 Å². The van der Waals surface area contributed by atoms with E-state index in [-0.39, 0.29) is 4.90 Å². The van der Waals surface area contributed by atoms with Gasteiger partial charge in [-0.05, 0) is 23.6 Å². The average molecular weight is 302 g/mol. The molecule has 1 aromatic heterocycles. The lowest BCUT2D eigenvalue weighted by molar-refractivity contribution is 0.602. The lowest BCUT2D eigenvalue weighted by atomic mass is 10.1. The van der Waals surface area contributed by atoms with Crippen molar-refractivity contribution in [1.29, 1.82) is 0 Å². The first-order chi connectivity index (χ1) is 9.95. The summed E-state index contributed by atoms with van der Waals surface area (Å²) < 4.78 is 29.1. The first-order valence-corrected chi connectivity index (χ1v) is 7.74. The normalized spacial score (nSPS) is 11.7. The Kier molecular flexibility index (Phi) is 3.06. The second-order valence-electron chi connectivity index (χ2n) is 4.74. The van der Waals surface area contributed by atoms with E-state index in [9.17, 15) is 8.42 Å². The molecular weight excluding hydrogens is 288 g/mol. The van der Waals surface area contributed by atoms with Gasteiger partial charge in [0.25, 0.3) is 10.0 Å². The summed E-state index contributed by atoms with van der Waals surface area (Å²) in [6, 6.07) is 10.2. The van der Waals surface area contributed by atoms with E-state index in [1.54, 1.807) is 43.6 Å². The summed E-state index contributed by atoms with van der Waals surface area (Å²) in [6.07, 6.45) is 3.06. The van der Waals surface area contributed by atoms with Crippen LogP contribution in [-0.4, -0.2) is 18.2 Å². The fraction of sp³-hybridized carbons (Fsp3) is 0.0714. The second-order valence-corrected chi connectivity index (χ2v) is 6.40. The minimum Gasteiger partial charge on any atom is -0.399 e. The maximum Gasteiger partial charge on any atom is 0.262 e. The van der Waals surface area contributed by atoms with E-state index in [2.05, 4.69) is 9.82 Å². The van der Waals surface area contributed by atoms with Crippen molar-refractivity contribution in [1.82, 2.24) is 9.78 Å². The van der Waals surface area contributed by atoms with Gasteiger partial charge in [0.1, 0.15) is 0 Å². The molecular formula is C14H14N4O2S. The highest BCUT2D eigenvalue weighted by Gasteiger charge is 2.18. The van der Waals surface area contributed by atoms with Crippen LogP contribution in [0.1, 0.15) is 0 Å². The third kappa shape index (κ3) is 2.55. The molecule has 0 saturated carbocycles. The van der Waals surface area contributed by atoms with Crippen LogP contribution in [0.4, 0.5) is 11.4 Å². The monoisotopic (exact) mass is 302 g/mol. The molecule has 7 heteroatoms. The predicted molar refractivity (Wildman–Crippen MR) is 82.4 cm³/mol. The van der Waals surface area contributed by atoms with Gasteiger partial charge in [0, 0.05) is 24.3 Å². The van der Waals surface area contributed by atoms with Crippen molar-refractivity contribution in [3.05, 3.63) is 48.8 Å². The quantitative estimate of drug-likeness (QED) is 0.724. The van der Waals surface area contributed by atoms with E-state index in [4.69, 9.17) is 5.73 Å². The Balaban J connectivity index is 2.10. The second kappa shape index (κ2) is 4.78. The number of nitrogens with two attached hydrogens (primary N) is 1. The molecule has 3 N–H and O–H groups in total. The van der Waals surface area contributed by atoms with Gasteiger partial charge in [-0.25, -0.2) is 8.42 Å². The summed E-state index contributed by atoms with van der Waals surface area (Å²) in [4.78, 5) is 0.212. The van der Waals surface area contributed by atoms with Gasteiger partial charge in [0.15, 0.2) is 0 Å². The van der Waals surface area contributed by atoms with Gasteiger partial charge in [-0.3, -0.25) is 9.40 Å². The van der Waals surface area contributed by atoms with Gasteiger partial charge in [-0.1, -0.05) is 18.2 Å². The molecule has 0 spiro atoms. The smallest absolute Gasteiger partial charge is 0.262 e. The average Bonchev–Trinajstić information content (AvgIpc) is 2.82. The van der Waals surface area contributed by atoms with E-state index < -0.39 is 10.0 Å². The lowest BCUT2D eigenvalue weighted by Gasteiger charge is -2.09. The molecule has 21 heavy (non-hydrogen) atoms. The minimum atomic E-state index is -3.68. The van der Waals surface area contributed by atoms with Gasteiger partial charge in [-0.2, -0.15) is 5.10 Å². The van der Waals surface area contributed by atoms with Gasteiger partial charge >= 0.3 is 0 Å². The van der Waals surface area contributed by atoms with Gasteiger partial charge in [0.05, 0.1) is 16.8 Å². The molecule has 1 heterocycles. The highest BCUT2D eigenvalue weighted by molar-refractivity contribution is 7.93. The van der Waals surface area contributed by atoms with Crippen LogP contribution >= 0.6 is 0 Å². The van der Waals surface area contributed by atoms with Gasteiger partial charge in [0.2, 0.25) is 0 Å². The van der Waals surface area contributed by atoms with Crippen molar-refractivity contribution in [3.8, 4) is 0 Å². The van der Waals surface area contributed by atoms with Crippen LogP contribution in [0.25, 0.3) is 10.8 Å². The Hall–Kier alpha value is -2.54. The SMILES string of the molecule is Cn1cc(NS(=O)(=O)c2cccc3cc(N)ccc23)cn1. The van der Waals surface area contributed by atoms with Gasteiger partial charge in [-0.15, -0.1) is 0 Å². The number of aromatic nitrogens is 2. The molecule has 0 atom stereocenters. The summed E-state index contributed by atoms with van der Waals surface area (Å²) in [5, 5.41) is 5.35. The highest BCUT2D eigenvalue weighted by atomic mass is 32.2. The van der Waals surface area contributed by atoms with Crippen molar-refractivity contribution in [3.63, 3.8) is 0 Å². The zero-order chi connectivity index (χ0) is 15.0. The van der Waals surface area contributed by atoms with E-state index in [0.29, 0.717) is 16.8 Å². The molecule has 108 valence electrons. The first kappa shape index (κ1) is 13.4. The number of benzene rings is 2. The van der Waals surface area contributed by atoms with Crippen LogP contribution in [0, 0.1) is 0 Å². The first-order valence-electron chi connectivity index (χ1n) is 6.25. The number of nitrogen functional groups attached to an aromatic ring is 1. The highest BCUT2D eigenvalue weighted by Crippen LogP contribution is 2.26. The molecule has 3 aromatic rings. The van der Waals surface area contributed by atoms with Crippen LogP contribution in [-0.2, 0) is 17.1 Å². The molecule has 0 aliphatic carbocycles. The summed E-state index contributed by atoms with van der Waals surface area (Å²) in [7, 11) is -1.96. The lowest BCUT2D eigenvalue weighted by Crippen LogP contribution is -2.13. The van der Waals surface area contributed by atoms with Crippen molar-refractivity contribution in [2.45, 2.75) is 4.90 Å². The van der Waals surface area contributed by atoms with Crippen molar-refractivity contribution >= 4 is 32.2 Å². The molecule has 0 aliphatic rings. The van der Waals surface area contributed by atoms with E-state index >= 15 is 0 Å². The third-order valence-corrected chi connectivity index (χ3v) is 4.55.